The van der Waals surface area contributed by atoms with Gasteiger partial charge in [-0.1, -0.05) is 30.3 Å². The molecule has 2 aromatic heterocycles. The van der Waals surface area contributed by atoms with Crippen LogP contribution in [0.3, 0.4) is 0 Å². The first-order chi connectivity index (χ1) is 20.9. The number of nitrogens with zero attached hydrogens (tertiary/aromatic N) is 2. The zero-order chi connectivity index (χ0) is 31.9. The lowest BCUT2D eigenvalue weighted by Gasteiger charge is -2.24. The summed E-state index contributed by atoms with van der Waals surface area (Å²) in [4.78, 5) is 45.8. The number of aryl methyl sites for hydroxylation is 2. The third-order valence-corrected chi connectivity index (χ3v) is 7.08. The zero-order valence-corrected chi connectivity index (χ0v) is 26.2. The van der Waals surface area contributed by atoms with E-state index in [9.17, 15) is 14.4 Å². The molecule has 0 aliphatic carbocycles. The molecule has 0 aliphatic rings. The fraction of sp³-hybridized carbons (Fsp3) is 0.394. The van der Waals surface area contributed by atoms with Crippen LogP contribution in [-0.2, 0) is 33.8 Å². The van der Waals surface area contributed by atoms with Crippen LogP contribution in [0.15, 0.2) is 59.7 Å². The lowest BCUT2D eigenvalue weighted by molar-refractivity contribution is -0.121. The maximum atomic E-state index is 13.2. The molecule has 4 rings (SSSR count). The number of methoxy groups -OCH3 is 1. The summed E-state index contributed by atoms with van der Waals surface area (Å²) in [7, 11) is 1.58. The Morgan fingerprint density at radius 1 is 1.09 bits per heavy atom. The summed E-state index contributed by atoms with van der Waals surface area (Å²) < 4.78 is 12.1. The average Bonchev–Trinajstić information content (AvgIpc) is 3.34. The van der Waals surface area contributed by atoms with Crippen molar-refractivity contribution >= 4 is 28.7 Å². The maximum Gasteiger partial charge on any atom is 0.408 e. The fourth-order valence-electron chi connectivity index (χ4n) is 4.83. The van der Waals surface area contributed by atoms with Gasteiger partial charge in [-0.15, -0.1) is 0 Å². The van der Waals surface area contributed by atoms with E-state index in [4.69, 9.17) is 9.47 Å². The largest absolute Gasteiger partial charge is 0.444 e. The first kappa shape index (κ1) is 32.3. The van der Waals surface area contributed by atoms with Gasteiger partial charge >= 0.3 is 6.09 Å². The van der Waals surface area contributed by atoms with Crippen molar-refractivity contribution in [2.45, 2.75) is 65.8 Å². The number of benzene rings is 2. The Morgan fingerprint density at radius 2 is 1.89 bits per heavy atom. The second kappa shape index (κ2) is 14.2. The van der Waals surface area contributed by atoms with Crippen LogP contribution < -0.4 is 21.5 Å². The first-order valence-electron chi connectivity index (χ1n) is 14.6. The van der Waals surface area contributed by atoms with Crippen molar-refractivity contribution in [1.29, 1.82) is 0 Å². The Labute approximate surface area is 257 Å². The van der Waals surface area contributed by atoms with Gasteiger partial charge in [0.15, 0.2) is 5.82 Å². The summed E-state index contributed by atoms with van der Waals surface area (Å²) >= 11 is 0. The normalized spacial score (nSPS) is 12.1. The number of ether oxygens (including phenoxy) is 2. The lowest BCUT2D eigenvalue weighted by Crippen LogP contribution is -2.36. The molecule has 2 amide bonds. The lowest BCUT2D eigenvalue weighted by atomic mass is 10.0. The van der Waals surface area contributed by atoms with Crippen molar-refractivity contribution < 1.29 is 19.1 Å². The Hall–Kier alpha value is -4.64. The Balaban J connectivity index is 1.35. The number of carbonyl (C=O) groups is 2. The van der Waals surface area contributed by atoms with Crippen molar-refractivity contribution in [3.05, 3.63) is 93.2 Å². The summed E-state index contributed by atoms with van der Waals surface area (Å²) in [5, 5.41) is 10.0. The van der Waals surface area contributed by atoms with Gasteiger partial charge < -0.3 is 30.4 Å². The molecule has 0 saturated carbocycles. The minimum absolute atomic E-state index is 0.110. The maximum absolute atomic E-state index is 13.2. The molecule has 11 nitrogen and oxygen atoms in total. The predicted octanol–water partition coefficient (Wildman–Crippen LogP) is 4.52. The molecule has 11 heteroatoms. The third kappa shape index (κ3) is 8.70. The second-order valence-corrected chi connectivity index (χ2v) is 11.8. The molecule has 4 aromatic rings. The predicted molar refractivity (Wildman–Crippen MR) is 171 cm³/mol. The number of rotatable bonds is 12. The molecule has 0 fully saturated rings. The van der Waals surface area contributed by atoms with E-state index in [2.05, 4.69) is 32.0 Å². The number of hydrogen-bond donors (Lipinski definition) is 4. The van der Waals surface area contributed by atoms with Gasteiger partial charge in [-0.05, 0) is 75.4 Å². The van der Waals surface area contributed by atoms with E-state index in [0.717, 1.165) is 33.2 Å². The summed E-state index contributed by atoms with van der Waals surface area (Å²) in [5.74, 6) is -0.0857. The van der Waals surface area contributed by atoms with Gasteiger partial charge in [-0.25, -0.2) is 9.78 Å². The minimum Gasteiger partial charge on any atom is -0.444 e. The number of aromatic nitrogens is 3. The van der Waals surface area contributed by atoms with E-state index < -0.39 is 11.7 Å². The van der Waals surface area contributed by atoms with Crippen LogP contribution in [0.4, 0.5) is 10.6 Å². The Bertz CT molecular complexity index is 1670. The standard InChI is InChI=1S/C33H42N6O5/c1-21-16-35-27-11-10-24(15-26(21)27)18-36-29(40)19-39-22(2)17-37-30(31(39)41)34-13-12-23-8-7-9-25(14-23)28(20-43-6)38-32(42)44-33(3,4)5/h7-11,14-17,28,35H,12-13,18-20H2,1-6H3,(H,34,37)(H,36,40)(H,38,42). The third-order valence-electron chi connectivity index (χ3n) is 7.08. The molecular formula is C33H42N6O5. The number of anilines is 1. The van der Waals surface area contributed by atoms with E-state index in [-0.39, 0.29) is 36.5 Å². The first-order valence-corrected chi connectivity index (χ1v) is 14.6. The van der Waals surface area contributed by atoms with Crippen molar-refractivity contribution in [3.8, 4) is 0 Å². The Kier molecular flexibility index (Phi) is 10.4. The van der Waals surface area contributed by atoms with Gasteiger partial charge in [0.05, 0.1) is 12.6 Å². The van der Waals surface area contributed by atoms with Crippen LogP contribution in [-0.4, -0.2) is 52.4 Å². The fourth-order valence-corrected chi connectivity index (χ4v) is 4.83. The number of aromatic amines is 1. The van der Waals surface area contributed by atoms with Crippen LogP contribution in [0.25, 0.3) is 10.9 Å². The minimum atomic E-state index is -0.612. The van der Waals surface area contributed by atoms with Gasteiger partial charge in [0.25, 0.3) is 5.56 Å². The summed E-state index contributed by atoms with van der Waals surface area (Å²) in [6, 6.07) is 13.4. The highest BCUT2D eigenvalue weighted by molar-refractivity contribution is 5.83. The van der Waals surface area contributed by atoms with Crippen molar-refractivity contribution in [2.75, 3.05) is 25.6 Å². The Morgan fingerprint density at radius 3 is 2.64 bits per heavy atom. The zero-order valence-electron chi connectivity index (χ0n) is 26.2. The van der Waals surface area contributed by atoms with E-state index in [1.54, 1.807) is 20.2 Å². The van der Waals surface area contributed by atoms with Crippen LogP contribution in [0, 0.1) is 13.8 Å². The molecule has 0 spiro atoms. The van der Waals surface area contributed by atoms with Crippen molar-refractivity contribution in [2.24, 2.45) is 0 Å². The van der Waals surface area contributed by atoms with Gasteiger partial charge in [0.1, 0.15) is 12.1 Å². The van der Waals surface area contributed by atoms with Crippen molar-refractivity contribution in [3.63, 3.8) is 0 Å². The number of carbonyl (C=O) groups excluding carboxylic acids is 2. The summed E-state index contributed by atoms with van der Waals surface area (Å²) in [6.07, 6.45) is 3.62. The summed E-state index contributed by atoms with van der Waals surface area (Å²) in [5.41, 5.74) is 4.67. The van der Waals surface area contributed by atoms with Gasteiger partial charge in [0.2, 0.25) is 5.91 Å². The van der Waals surface area contributed by atoms with E-state index in [1.807, 2.05) is 70.3 Å². The van der Waals surface area contributed by atoms with Crippen molar-refractivity contribution in [1.82, 2.24) is 25.2 Å². The highest BCUT2D eigenvalue weighted by Crippen LogP contribution is 2.19. The molecule has 0 saturated heterocycles. The van der Waals surface area contributed by atoms with Crippen LogP contribution >= 0.6 is 0 Å². The number of nitrogens with one attached hydrogen (secondary N) is 4. The molecular weight excluding hydrogens is 560 g/mol. The van der Waals surface area contributed by atoms with Gasteiger partial charge in [0, 0.05) is 49.2 Å². The topological polar surface area (TPSA) is 139 Å². The molecule has 0 radical (unpaired) electrons. The smallest absolute Gasteiger partial charge is 0.408 e. The SMILES string of the molecule is COCC(NC(=O)OC(C)(C)C)c1cccc(CCNc2ncc(C)n(CC(=O)NCc3ccc4[nH]cc(C)c4c3)c2=O)c1. The molecule has 1 unspecified atom stereocenters. The number of H-pyrrole nitrogens is 1. The number of fused-ring (bicyclic) bond motifs is 1. The average molecular weight is 603 g/mol. The molecule has 44 heavy (non-hydrogen) atoms. The molecule has 1 atom stereocenters. The van der Waals surface area contributed by atoms with Crippen LogP contribution in [0.2, 0.25) is 0 Å². The van der Waals surface area contributed by atoms with E-state index >= 15 is 0 Å². The molecule has 2 aromatic carbocycles. The number of amides is 2. The molecule has 234 valence electrons. The highest BCUT2D eigenvalue weighted by Gasteiger charge is 2.21. The summed E-state index contributed by atoms with van der Waals surface area (Å²) in [6.45, 7) is 10.2. The van der Waals surface area contributed by atoms with Gasteiger partial charge in [-0.3, -0.25) is 14.2 Å². The van der Waals surface area contributed by atoms with Gasteiger partial charge in [-0.2, -0.15) is 0 Å². The molecule has 4 N–H and O–H groups in total. The highest BCUT2D eigenvalue weighted by atomic mass is 16.6. The molecule has 0 aliphatic heterocycles. The quantitative estimate of drug-likeness (QED) is 0.187. The van der Waals surface area contributed by atoms with Crippen LogP contribution in [0.5, 0.6) is 0 Å². The molecule has 0 bridgehead atoms. The molecule has 2 heterocycles. The van der Waals surface area contributed by atoms with Crippen LogP contribution in [0.1, 0.15) is 54.8 Å². The second-order valence-electron chi connectivity index (χ2n) is 11.8. The van der Waals surface area contributed by atoms with E-state index in [0.29, 0.717) is 25.2 Å². The monoisotopic (exact) mass is 602 g/mol. The number of alkyl carbamates (subject to hydrolysis) is 1. The number of hydrogen-bond acceptors (Lipinski definition) is 7. The van der Waals surface area contributed by atoms with E-state index in [1.165, 1.54) is 4.57 Å².